The Morgan fingerprint density at radius 1 is 1.39 bits per heavy atom. The predicted octanol–water partition coefficient (Wildman–Crippen LogP) is 3.09. The molecular weight excluding hydrogens is 246 g/mol. The highest BCUT2D eigenvalue weighted by Gasteiger charge is 2.20. The lowest BCUT2D eigenvalue weighted by atomic mass is 10.2. The van der Waals surface area contributed by atoms with E-state index < -0.39 is 0 Å². The van der Waals surface area contributed by atoms with E-state index in [0.717, 1.165) is 17.9 Å². The molecule has 94 valence electrons. The van der Waals surface area contributed by atoms with Gasteiger partial charge in [0.1, 0.15) is 0 Å². The van der Waals surface area contributed by atoms with Crippen LogP contribution in [-0.4, -0.2) is 15.8 Å². The van der Waals surface area contributed by atoms with Gasteiger partial charge in [0.15, 0.2) is 0 Å². The van der Waals surface area contributed by atoms with E-state index in [0.29, 0.717) is 11.1 Å². The highest BCUT2D eigenvalue weighted by atomic mass is 35.5. The van der Waals surface area contributed by atoms with Crippen LogP contribution in [0.2, 0.25) is 5.02 Å². The number of rotatable bonds is 4. The van der Waals surface area contributed by atoms with Gasteiger partial charge < -0.3 is 5.32 Å². The van der Waals surface area contributed by atoms with Crippen molar-refractivity contribution in [1.82, 2.24) is 15.1 Å². The molecule has 1 aliphatic rings. The SMILES string of the molecule is Cc1nn(-c2ccccc2CNC2CC2)cc1Cl. The Morgan fingerprint density at radius 3 is 2.83 bits per heavy atom. The monoisotopic (exact) mass is 261 g/mol. The molecule has 3 rings (SSSR count). The van der Waals surface area contributed by atoms with Crippen molar-refractivity contribution in [2.45, 2.75) is 32.4 Å². The van der Waals surface area contributed by atoms with Crippen molar-refractivity contribution in [2.24, 2.45) is 0 Å². The zero-order valence-corrected chi connectivity index (χ0v) is 11.1. The number of hydrogen-bond donors (Lipinski definition) is 1. The molecule has 0 radical (unpaired) electrons. The molecule has 0 amide bonds. The summed E-state index contributed by atoms with van der Waals surface area (Å²) in [6.45, 7) is 2.81. The summed E-state index contributed by atoms with van der Waals surface area (Å²) < 4.78 is 1.86. The van der Waals surface area contributed by atoms with E-state index in [1.54, 1.807) is 0 Å². The molecule has 18 heavy (non-hydrogen) atoms. The second-order valence-electron chi connectivity index (χ2n) is 4.79. The molecule has 0 unspecified atom stereocenters. The van der Waals surface area contributed by atoms with Crippen LogP contribution < -0.4 is 5.32 Å². The van der Waals surface area contributed by atoms with E-state index in [2.05, 4.69) is 28.6 Å². The third-order valence-corrected chi connectivity index (χ3v) is 3.61. The van der Waals surface area contributed by atoms with Gasteiger partial charge in [-0.25, -0.2) is 4.68 Å². The Morgan fingerprint density at radius 2 is 2.17 bits per heavy atom. The smallest absolute Gasteiger partial charge is 0.0819 e. The Bertz CT molecular complexity index is 538. The number of aryl methyl sites for hydroxylation is 1. The van der Waals surface area contributed by atoms with Crippen molar-refractivity contribution in [1.29, 1.82) is 0 Å². The largest absolute Gasteiger partial charge is 0.310 e. The minimum Gasteiger partial charge on any atom is -0.310 e. The molecule has 1 aromatic carbocycles. The number of benzene rings is 1. The molecule has 1 heterocycles. The molecule has 1 aliphatic carbocycles. The summed E-state index contributed by atoms with van der Waals surface area (Å²) in [5.74, 6) is 0. The van der Waals surface area contributed by atoms with Crippen LogP contribution in [0.25, 0.3) is 5.69 Å². The average Bonchev–Trinajstić information content (AvgIpc) is 3.14. The molecule has 1 saturated carbocycles. The Kier molecular flexibility index (Phi) is 3.10. The van der Waals surface area contributed by atoms with Crippen LogP contribution in [0, 0.1) is 6.92 Å². The summed E-state index contributed by atoms with van der Waals surface area (Å²) in [5, 5.41) is 8.68. The van der Waals surface area contributed by atoms with Crippen LogP contribution in [0.15, 0.2) is 30.5 Å². The lowest BCUT2D eigenvalue weighted by Crippen LogP contribution is -2.16. The number of halogens is 1. The Labute approximate surface area is 112 Å². The van der Waals surface area contributed by atoms with Gasteiger partial charge in [-0.1, -0.05) is 29.8 Å². The fourth-order valence-corrected chi connectivity index (χ4v) is 2.12. The maximum atomic E-state index is 6.07. The quantitative estimate of drug-likeness (QED) is 0.917. The second-order valence-corrected chi connectivity index (χ2v) is 5.20. The average molecular weight is 262 g/mol. The van der Waals surface area contributed by atoms with Crippen LogP contribution >= 0.6 is 11.6 Å². The minimum atomic E-state index is 0.708. The molecule has 3 nitrogen and oxygen atoms in total. The van der Waals surface area contributed by atoms with Crippen molar-refractivity contribution in [3.8, 4) is 5.69 Å². The Hall–Kier alpha value is -1.32. The van der Waals surface area contributed by atoms with Crippen LogP contribution in [-0.2, 0) is 6.54 Å². The molecule has 2 aromatic rings. The highest BCUT2D eigenvalue weighted by Crippen LogP contribution is 2.22. The molecule has 1 fully saturated rings. The molecule has 0 saturated heterocycles. The van der Waals surface area contributed by atoms with Gasteiger partial charge in [0.25, 0.3) is 0 Å². The number of nitrogens with one attached hydrogen (secondary N) is 1. The standard InChI is InChI=1S/C14H16ClN3/c1-10-13(15)9-18(17-10)14-5-3-2-4-11(14)8-16-12-6-7-12/h2-5,9,12,16H,6-8H2,1H3. The van der Waals surface area contributed by atoms with Crippen molar-refractivity contribution < 1.29 is 0 Å². The van der Waals surface area contributed by atoms with Crippen molar-refractivity contribution in [3.05, 3.63) is 46.7 Å². The van der Waals surface area contributed by atoms with E-state index in [1.807, 2.05) is 23.9 Å². The zero-order chi connectivity index (χ0) is 12.5. The van der Waals surface area contributed by atoms with Crippen LogP contribution in [0.1, 0.15) is 24.1 Å². The molecule has 0 spiro atoms. The first kappa shape index (κ1) is 11.8. The lowest BCUT2D eigenvalue weighted by molar-refractivity contribution is 0.681. The predicted molar refractivity (Wildman–Crippen MR) is 73.2 cm³/mol. The van der Waals surface area contributed by atoms with E-state index in [1.165, 1.54) is 18.4 Å². The van der Waals surface area contributed by atoms with E-state index in [4.69, 9.17) is 11.6 Å². The van der Waals surface area contributed by atoms with Gasteiger partial charge in [0, 0.05) is 18.8 Å². The summed E-state index contributed by atoms with van der Waals surface area (Å²) >= 11 is 6.07. The molecule has 1 N–H and O–H groups in total. The van der Waals surface area contributed by atoms with Gasteiger partial charge in [-0.15, -0.1) is 0 Å². The second kappa shape index (κ2) is 4.75. The van der Waals surface area contributed by atoms with Gasteiger partial charge in [0.05, 0.1) is 16.4 Å². The summed E-state index contributed by atoms with van der Waals surface area (Å²) in [6, 6.07) is 9.01. The Balaban J connectivity index is 1.89. The van der Waals surface area contributed by atoms with Crippen LogP contribution in [0.4, 0.5) is 0 Å². The lowest BCUT2D eigenvalue weighted by Gasteiger charge is -2.10. The summed E-state index contributed by atoms with van der Waals surface area (Å²) in [4.78, 5) is 0. The van der Waals surface area contributed by atoms with E-state index >= 15 is 0 Å². The zero-order valence-electron chi connectivity index (χ0n) is 10.4. The maximum Gasteiger partial charge on any atom is 0.0819 e. The van der Waals surface area contributed by atoms with E-state index in [-0.39, 0.29) is 0 Å². The van der Waals surface area contributed by atoms with Crippen LogP contribution in [0.3, 0.4) is 0 Å². The summed E-state index contributed by atoms with van der Waals surface area (Å²) in [7, 11) is 0. The van der Waals surface area contributed by atoms with Crippen molar-refractivity contribution >= 4 is 11.6 Å². The molecule has 4 heteroatoms. The fraction of sp³-hybridized carbons (Fsp3) is 0.357. The number of para-hydroxylation sites is 1. The van der Waals surface area contributed by atoms with E-state index in [9.17, 15) is 0 Å². The van der Waals surface area contributed by atoms with Gasteiger partial charge in [-0.05, 0) is 31.4 Å². The van der Waals surface area contributed by atoms with Gasteiger partial charge >= 0.3 is 0 Å². The van der Waals surface area contributed by atoms with Gasteiger partial charge in [0.2, 0.25) is 0 Å². The number of nitrogens with zero attached hydrogens (tertiary/aromatic N) is 2. The first-order valence-electron chi connectivity index (χ1n) is 6.27. The highest BCUT2D eigenvalue weighted by molar-refractivity contribution is 6.31. The summed E-state index contributed by atoms with van der Waals surface area (Å²) in [6.07, 6.45) is 4.47. The number of hydrogen-bond acceptors (Lipinski definition) is 2. The fourth-order valence-electron chi connectivity index (χ4n) is 1.99. The molecule has 1 aromatic heterocycles. The molecule has 0 aliphatic heterocycles. The molecule has 0 bridgehead atoms. The van der Waals surface area contributed by atoms with Gasteiger partial charge in [-0.2, -0.15) is 5.10 Å². The maximum absolute atomic E-state index is 6.07. The number of aromatic nitrogens is 2. The van der Waals surface area contributed by atoms with Crippen molar-refractivity contribution in [2.75, 3.05) is 0 Å². The first-order valence-corrected chi connectivity index (χ1v) is 6.65. The van der Waals surface area contributed by atoms with Crippen LogP contribution in [0.5, 0.6) is 0 Å². The third kappa shape index (κ3) is 2.42. The molecular formula is C14H16ClN3. The van der Waals surface area contributed by atoms with Crippen molar-refractivity contribution in [3.63, 3.8) is 0 Å². The minimum absolute atomic E-state index is 0.708. The first-order chi connectivity index (χ1) is 8.74. The third-order valence-electron chi connectivity index (χ3n) is 3.24. The molecule has 0 atom stereocenters. The topological polar surface area (TPSA) is 29.9 Å². The van der Waals surface area contributed by atoms with Gasteiger partial charge in [-0.3, -0.25) is 0 Å². The summed E-state index contributed by atoms with van der Waals surface area (Å²) in [5.41, 5.74) is 3.21. The normalized spacial score (nSPS) is 15.0.